The van der Waals surface area contributed by atoms with Crippen LogP contribution in [0.2, 0.25) is 0 Å². The summed E-state index contributed by atoms with van der Waals surface area (Å²) in [6, 6.07) is 2.49. The van der Waals surface area contributed by atoms with Crippen LogP contribution in [0.15, 0.2) is 12.1 Å². The molecule has 3 nitrogen and oxygen atoms in total. The molecule has 0 bridgehead atoms. The molecule has 1 aliphatic rings. The lowest BCUT2D eigenvalue weighted by atomic mass is 10.1. The molecule has 0 aromatic heterocycles. The molecule has 0 amide bonds. The second kappa shape index (κ2) is 5.77. The smallest absolute Gasteiger partial charge is 0.338 e. The number of hydrogen-bond donors (Lipinski definition) is 2. The Hall–Kier alpha value is -1.30. The Kier molecular flexibility index (Phi) is 4.29. The molecule has 1 aromatic rings. The number of rotatable bonds is 4. The van der Waals surface area contributed by atoms with Crippen LogP contribution in [-0.4, -0.2) is 28.6 Å². The third-order valence-electron chi connectivity index (χ3n) is 3.39. The molecule has 0 saturated heterocycles. The minimum absolute atomic E-state index is 0.0363. The average Bonchev–Trinajstić information content (AvgIpc) is 2.82. The van der Waals surface area contributed by atoms with Crippen LogP contribution in [0.25, 0.3) is 0 Å². The molecule has 2 N–H and O–H groups in total. The number of thioether (sulfide) groups is 1. The summed E-state index contributed by atoms with van der Waals surface area (Å²) in [6.45, 7) is 0. The lowest BCUT2D eigenvalue weighted by Crippen LogP contribution is -2.18. The van der Waals surface area contributed by atoms with Crippen molar-refractivity contribution in [2.45, 2.75) is 30.6 Å². The number of nitrogens with one attached hydrogen (secondary N) is 1. The fourth-order valence-electron chi connectivity index (χ4n) is 2.33. The Morgan fingerprint density at radius 3 is 2.68 bits per heavy atom. The van der Waals surface area contributed by atoms with Gasteiger partial charge in [-0.3, -0.25) is 0 Å². The van der Waals surface area contributed by atoms with Gasteiger partial charge in [-0.2, -0.15) is 11.8 Å². The largest absolute Gasteiger partial charge is 0.478 e. The van der Waals surface area contributed by atoms with Crippen molar-refractivity contribution in [3.05, 3.63) is 29.3 Å². The zero-order chi connectivity index (χ0) is 14.0. The van der Waals surface area contributed by atoms with E-state index in [2.05, 4.69) is 5.32 Å². The first kappa shape index (κ1) is 14.1. The van der Waals surface area contributed by atoms with Crippen molar-refractivity contribution in [2.24, 2.45) is 0 Å². The first-order valence-electron chi connectivity index (χ1n) is 6.03. The minimum atomic E-state index is -1.47. The van der Waals surface area contributed by atoms with Gasteiger partial charge in [0.25, 0.3) is 0 Å². The lowest BCUT2D eigenvalue weighted by Gasteiger charge is -2.15. The van der Waals surface area contributed by atoms with E-state index in [0.717, 1.165) is 25.3 Å². The van der Waals surface area contributed by atoms with Crippen LogP contribution in [0.5, 0.6) is 0 Å². The monoisotopic (exact) mass is 287 g/mol. The highest BCUT2D eigenvalue weighted by Crippen LogP contribution is 2.31. The molecule has 2 unspecified atom stereocenters. The summed E-state index contributed by atoms with van der Waals surface area (Å²) in [5.74, 6) is -3.89. The average molecular weight is 287 g/mol. The highest BCUT2D eigenvalue weighted by molar-refractivity contribution is 7.99. The molecular weight excluding hydrogens is 272 g/mol. The third kappa shape index (κ3) is 3.00. The summed E-state index contributed by atoms with van der Waals surface area (Å²) in [7, 11) is 0. The molecule has 1 aliphatic carbocycles. The van der Waals surface area contributed by atoms with E-state index in [4.69, 9.17) is 5.11 Å². The second-order valence-electron chi connectivity index (χ2n) is 4.61. The van der Waals surface area contributed by atoms with Crippen LogP contribution >= 0.6 is 11.8 Å². The van der Waals surface area contributed by atoms with E-state index < -0.39 is 23.2 Å². The van der Waals surface area contributed by atoms with Gasteiger partial charge in [-0.15, -0.1) is 0 Å². The Bertz CT molecular complexity index is 496. The van der Waals surface area contributed by atoms with Crippen molar-refractivity contribution in [2.75, 3.05) is 11.6 Å². The molecule has 0 spiro atoms. The van der Waals surface area contributed by atoms with E-state index in [9.17, 15) is 13.6 Å². The molecule has 1 fully saturated rings. The number of carboxylic acid groups (broad SMARTS) is 1. The molecule has 0 aliphatic heterocycles. The number of anilines is 1. The summed E-state index contributed by atoms with van der Waals surface area (Å²) >= 11 is 1.77. The summed E-state index contributed by atoms with van der Waals surface area (Å²) in [6.07, 6.45) is 4.90. The molecule has 19 heavy (non-hydrogen) atoms. The fraction of sp³-hybridized carbons (Fsp3) is 0.462. The number of benzene rings is 1. The van der Waals surface area contributed by atoms with Gasteiger partial charge in [0.1, 0.15) is 0 Å². The molecular formula is C13H15F2NO2S. The van der Waals surface area contributed by atoms with Crippen molar-refractivity contribution < 1.29 is 18.7 Å². The lowest BCUT2D eigenvalue weighted by molar-refractivity contribution is 0.0690. The third-order valence-corrected chi connectivity index (χ3v) is 4.49. The highest BCUT2D eigenvalue weighted by atomic mass is 32.2. The molecule has 0 radical (unpaired) electrons. The zero-order valence-corrected chi connectivity index (χ0v) is 11.3. The molecule has 0 heterocycles. The van der Waals surface area contributed by atoms with Gasteiger partial charge in [0, 0.05) is 11.3 Å². The van der Waals surface area contributed by atoms with Crippen molar-refractivity contribution in [3.63, 3.8) is 0 Å². The van der Waals surface area contributed by atoms with Gasteiger partial charge in [0.2, 0.25) is 0 Å². The van der Waals surface area contributed by atoms with Gasteiger partial charge in [-0.05, 0) is 37.7 Å². The van der Waals surface area contributed by atoms with E-state index in [1.807, 2.05) is 6.26 Å². The van der Waals surface area contributed by atoms with Crippen LogP contribution in [-0.2, 0) is 0 Å². The quantitative estimate of drug-likeness (QED) is 0.891. The van der Waals surface area contributed by atoms with Gasteiger partial charge in [0.05, 0.1) is 11.3 Å². The topological polar surface area (TPSA) is 49.3 Å². The number of hydrogen-bond acceptors (Lipinski definition) is 3. The predicted octanol–water partition coefficient (Wildman–Crippen LogP) is 3.36. The van der Waals surface area contributed by atoms with Crippen molar-refractivity contribution in [1.82, 2.24) is 0 Å². The maximum Gasteiger partial charge on any atom is 0.338 e. The number of aromatic carboxylic acids is 1. The van der Waals surface area contributed by atoms with Crippen molar-refractivity contribution >= 4 is 23.4 Å². The Morgan fingerprint density at radius 2 is 2.11 bits per heavy atom. The first-order valence-corrected chi connectivity index (χ1v) is 7.32. The van der Waals surface area contributed by atoms with Crippen LogP contribution in [0.4, 0.5) is 14.5 Å². The molecule has 2 atom stereocenters. The zero-order valence-electron chi connectivity index (χ0n) is 10.5. The van der Waals surface area contributed by atoms with Crippen LogP contribution < -0.4 is 5.32 Å². The predicted molar refractivity (Wildman–Crippen MR) is 71.9 cm³/mol. The highest BCUT2D eigenvalue weighted by Gasteiger charge is 2.25. The van der Waals surface area contributed by atoms with E-state index in [-0.39, 0.29) is 11.7 Å². The van der Waals surface area contributed by atoms with Gasteiger partial charge in [-0.1, -0.05) is 0 Å². The second-order valence-corrected chi connectivity index (χ2v) is 5.74. The van der Waals surface area contributed by atoms with Crippen molar-refractivity contribution in [3.8, 4) is 0 Å². The molecule has 1 saturated carbocycles. The Morgan fingerprint density at radius 1 is 1.37 bits per heavy atom. The summed E-state index contributed by atoms with van der Waals surface area (Å²) in [5.41, 5.74) is -0.606. The van der Waals surface area contributed by atoms with Gasteiger partial charge < -0.3 is 10.4 Å². The normalized spacial score (nSPS) is 22.5. The number of carboxylic acids is 1. The molecule has 2 rings (SSSR count). The standard InChI is InChI=1S/C13H15F2NO2S/c1-19-8-3-2-7(6-8)16-10-5-4-9(13(17)18)11(14)12(10)15/h4-5,7-8,16H,2-3,6H2,1H3,(H,17,18). The van der Waals surface area contributed by atoms with Crippen LogP contribution in [0, 0.1) is 11.6 Å². The van der Waals surface area contributed by atoms with E-state index in [1.54, 1.807) is 11.8 Å². The van der Waals surface area contributed by atoms with E-state index in [0.29, 0.717) is 5.25 Å². The SMILES string of the molecule is CSC1CCC(Nc2ccc(C(=O)O)c(F)c2F)C1. The number of halogens is 2. The van der Waals surface area contributed by atoms with Crippen LogP contribution in [0.1, 0.15) is 29.6 Å². The Labute approximate surface area is 114 Å². The summed E-state index contributed by atoms with van der Waals surface area (Å²) in [5, 5.41) is 12.2. The van der Waals surface area contributed by atoms with E-state index >= 15 is 0 Å². The molecule has 6 heteroatoms. The number of carbonyl (C=O) groups is 1. The maximum atomic E-state index is 13.7. The minimum Gasteiger partial charge on any atom is -0.478 e. The summed E-state index contributed by atoms with van der Waals surface area (Å²) < 4.78 is 27.3. The fourth-order valence-corrected chi connectivity index (χ4v) is 3.13. The first-order chi connectivity index (χ1) is 9.02. The van der Waals surface area contributed by atoms with Crippen molar-refractivity contribution in [1.29, 1.82) is 0 Å². The van der Waals surface area contributed by atoms with Gasteiger partial charge >= 0.3 is 5.97 Å². The Balaban J connectivity index is 2.14. The van der Waals surface area contributed by atoms with Gasteiger partial charge in [0.15, 0.2) is 11.6 Å². The van der Waals surface area contributed by atoms with Gasteiger partial charge in [-0.25, -0.2) is 13.6 Å². The maximum absolute atomic E-state index is 13.7. The summed E-state index contributed by atoms with van der Waals surface area (Å²) in [4.78, 5) is 10.7. The van der Waals surface area contributed by atoms with Crippen LogP contribution in [0.3, 0.4) is 0 Å². The molecule has 1 aromatic carbocycles. The van der Waals surface area contributed by atoms with E-state index in [1.165, 1.54) is 6.07 Å². The molecule has 104 valence electrons.